The topological polar surface area (TPSA) is 73.1 Å². The number of allylic oxidation sites excluding steroid dienone is 1. The molecular weight excluding hydrogens is 278 g/mol. The molecule has 0 heterocycles. The van der Waals surface area contributed by atoms with E-state index >= 15 is 0 Å². The van der Waals surface area contributed by atoms with E-state index in [1.807, 2.05) is 30.3 Å². The number of aryl methyl sites for hydroxylation is 1. The summed E-state index contributed by atoms with van der Waals surface area (Å²) in [6, 6.07) is 15.0. The lowest BCUT2D eigenvalue weighted by molar-refractivity contribution is 0.275. The molecule has 114 valence electrons. The molecule has 4 heteroatoms. The van der Waals surface area contributed by atoms with Gasteiger partial charge in [-0.3, -0.25) is 0 Å². The van der Waals surface area contributed by atoms with E-state index in [0.29, 0.717) is 17.7 Å². The molecule has 2 rings (SSSR count). The summed E-state index contributed by atoms with van der Waals surface area (Å²) < 4.78 is 0. The fourth-order valence-corrected chi connectivity index (χ4v) is 2.11. The second-order valence-electron chi connectivity index (χ2n) is 4.96. The summed E-state index contributed by atoms with van der Waals surface area (Å²) in [7, 11) is 0. The average molecular weight is 297 g/mol. The van der Waals surface area contributed by atoms with Crippen LogP contribution in [0.2, 0.25) is 0 Å². The number of nitrogens with zero attached hydrogens (tertiary/aromatic N) is 1. The van der Waals surface area contributed by atoms with Crippen molar-refractivity contribution in [2.24, 2.45) is 5.16 Å². The fourth-order valence-electron chi connectivity index (χ4n) is 2.11. The van der Waals surface area contributed by atoms with E-state index in [9.17, 15) is 5.11 Å². The summed E-state index contributed by atoms with van der Waals surface area (Å²) in [5.74, 6) is 0.0692. The minimum absolute atomic E-state index is 0.0692. The Balaban J connectivity index is 2.01. The van der Waals surface area contributed by atoms with Crippen molar-refractivity contribution in [3.63, 3.8) is 0 Å². The van der Waals surface area contributed by atoms with Crippen LogP contribution in [0, 0.1) is 0 Å². The Hall–Kier alpha value is -2.59. The van der Waals surface area contributed by atoms with Crippen molar-refractivity contribution in [2.75, 3.05) is 0 Å². The first-order valence-electron chi connectivity index (χ1n) is 7.08. The van der Waals surface area contributed by atoms with E-state index in [2.05, 4.69) is 5.16 Å². The first-order chi connectivity index (χ1) is 10.7. The summed E-state index contributed by atoms with van der Waals surface area (Å²) in [5, 5.41) is 31.0. The molecule has 0 saturated carbocycles. The normalized spacial score (nSPS) is 12.0. The van der Waals surface area contributed by atoms with Crippen molar-refractivity contribution < 1.29 is 15.4 Å². The second kappa shape index (κ2) is 8.00. The summed E-state index contributed by atoms with van der Waals surface area (Å²) in [5.41, 5.74) is 3.04. The summed E-state index contributed by atoms with van der Waals surface area (Å²) in [6.07, 6.45) is 4.94. The number of hydrogen-bond acceptors (Lipinski definition) is 4. The zero-order chi connectivity index (χ0) is 15.8. The third kappa shape index (κ3) is 4.46. The first kappa shape index (κ1) is 15.8. The maximum absolute atomic E-state index is 9.52. The highest BCUT2D eigenvalue weighted by Gasteiger charge is 2.01. The standard InChI is InChI=1S/C18H19NO3/c20-13-16-12-15(8-11-18(16)21)7-10-17(19-22)9-6-14-4-2-1-3-5-14/h1-5,7-8,10-12,20-22H,6,9,13H2/b10-7+,19-17+. The quantitative estimate of drug-likeness (QED) is 0.435. The Kier molecular flexibility index (Phi) is 5.74. The van der Waals surface area contributed by atoms with Gasteiger partial charge in [-0.2, -0.15) is 0 Å². The molecule has 0 aliphatic heterocycles. The maximum Gasteiger partial charge on any atom is 0.121 e. The van der Waals surface area contributed by atoms with Crippen LogP contribution >= 0.6 is 0 Å². The SMILES string of the molecule is OCc1cc(/C=C/C(CCc2ccccc2)=N/O)ccc1O. The summed E-state index contributed by atoms with van der Waals surface area (Å²) in [6.45, 7) is -0.220. The lowest BCUT2D eigenvalue weighted by Crippen LogP contribution is -1.97. The second-order valence-corrected chi connectivity index (χ2v) is 4.96. The summed E-state index contributed by atoms with van der Waals surface area (Å²) in [4.78, 5) is 0. The minimum Gasteiger partial charge on any atom is -0.508 e. The Morgan fingerprint density at radius 2 is 1.86 bits per heavy atom. The molecule has 0 fully saturated rings. The van der Waals surface area contributed by atoms with E-state index in [-0.39, 0.29) is 12.4 Å². The van der Waals surface area contributed by atoms with Crippen molar-refractivity contribution in [3.8, 4) is 5.75 Å². The molecule has 0 atom stereocenters. The van der Waals surface area contributed by atoms with Gasteiger partial charge in [0.05, 0.1) is 12.3 Å². The van der Waals surface area contributed by atoms with Gasteiger partial charge in [0.2, 0.25) is 0 Å². The number of hydrogen-bond donors (Lipinski definition) is 3. The molecular formula is C18H19NO3. The third-order valence-electron chi connectivity index (χ3n) is 3.38. The van der Waals surface area contributed by atoms with Crippen LogP contribution in [0.4, 0.5) is 0 Å². The number of aliphatic hydroxyl groups excluding tert-OH is 1. The van der Waals surface area contributed by atoms with Crippen LogP contribution in [0.15, 0.2) is 59.8 Å². The highest BCUT2D eigenvalue weighted by Crippen LogP contribution is 2.19. The predicted octanol–water partition coefficient (Wildman–Crippen LogP) is 3.36. The van der Waals surface area contributed by atoms with Gasteiger partial charge in [0.1, 0.15) is 5.75 Å². The number of aromatic hydroxyl groups is 1. The van der Waals surface area contributed by atoms with Crippen LogP contribution in [-0.2, 0) is 13.0 Å². The minimum atomic E-state index is -0.220. The van der Waals surface area contributed by atoms with Crippen molar-refractivity contribution in [3.05, 3.63) is 71.3 Å². The van der Waals surface area contributed by atoms with Crippen molar-refractivity contribution in [2.45, 2.75) is 19.4 Å². The number of phenols is 1. The predicted molar refractivity (Wildman–Crippen MR) is 87.0 cm³/mol. The number of aliphatic hydroxyl groups is 1. The van der Waals surface area contributed by atoms with E-state index in [1.165, 1.54) is 11.6 Å². The third-order valence-corrected chi connectivity index (χ3v) is 3.38. The Morgan fingerprint density at radius 1 is 1.09 bits per heavy atom. The molecule has 22 heavy (non-hydrogen) atoms. The zero-order valence-electron chi connectivity index (χ0n) is 12.2. The number of rotatable bonds is 6. The van der Waals surface area contributed by atoms with Crippen LogP contribution in [0.1, 0.15) is 23.1 Å². The molecule has 0 bridgehead atoms. The van der Waals surface area contributed by atoms with Gasteiger partial charge in [0.25, 0.3) is 0 Å². The van der Waals surface area contributed by atoms with Gasteiger partial charge >= 0.3 is 0 Å². The fraction of sp³-hybridized carbons (Fsp3) is 0.167. The van der Waals surface area contributed by atoms with Gasteiger partial charge < -0.3 is 15.4 Å². The lowest BCUT2D eigenvalue weighted by atomic mass is 10.1. The van der Waals surface area contributed by atoms with Gasteiger partial charge in [-0.15, -0.1) is 0 Å². The highest BCUT2D eigenvalue weighted by atomic mass is 16.4. The molecule has 0 radical (unpaired) electrons. The monoisotopic (exact) mass is 297 g/mol. The zero-order valence-corrected chi connectivity index (χ0v) is 12.2. The Morgan fingerprint density at radius 3 is 2.55 bits per heavy atom. The maximum atomic E-state index is 9.52. The number of oxime groups is 1. The molecule has 3 N–H and O–H groups in total. The van der Waals surface area contributed by atoms with Gasteiger partial charge in [0.15, 0.2) is 0 Å². The Bertz CT molecular complexity index is 663. The van der Waals surface area contributed by atoms with Crippen LogP contribution < -0.4 is 0 Å². The molecule has 0 aliphatic rings. The largest absolute Gasteiger partial charge is 0.508 e. The summed E-state index contributed by atoms with van der Waals surface area (Å²) >= 11 is 0. The molecule has 0 spiro atoms. The molecule has 0 aliphatic carbocycles. The van der Waals surface area contributed by atoms with E-state index < -0.39 is 0 Å². The van der Waals surface area contributed by atoms with E-state index in [0.717, 1.165) is 12.0 Å². The van der Waals surface area contributed by atoms with Crippen molar-refractivity contribution >= 4 is 11.8 Å². The van der Waals surface area contributed by atoms with Gasteiger partial charge in [-0.05, 0) is 42.2 Å². The smallest absolute Gasteiger partial charge is 0.121 e. The first-order valence-corrected chi connectivity index (χ1v) is 7.08. The van der Waals surface area contributed by atoms with Gasteiger partial charge in [-0.25, -0.2) is 0 Å². The van der Waals surface area contributed by atoms with Crippen LogP contribution in [0.25, 0.3) is 6.08 Å². The van der Waals surface area contributed by atoms with Gasteiger partial charge in [0, 0.05) is 5.56 Å². The van der Waals surface area contributed by atoms with Crippen molar-refractivity contribution in [1.29, 1.82) is 0 Å². The average Bonchev–Trinajstić information content (AvgIpc) is 2.57. The van der Waals surface area contributed by atoms with E-state index in [1.54, 1.807) is 24.3 Å². The molecule has 0 saturated heterocycles. The van der Waals surface area contributed by atoms with Crippen LogP contribution in [0.5, 0.6) is 5.75 Å². The van der Waals surface area contributed by atoms with Crippen LogP contribution in [0.3, 0.4) is 0 Å². The van der Waals surface area contributed by atoms with Crippen LogP contribution in [-0.4, -0.2) is 21.1 Å². The lowest BCUT2D eigenvalue weighted by Gasteiger charge is -2.03. The molecule has 2 aromatic rings. The number of benzene rings is 2. The van der Waals surface area contributed by atoms with Crippen molar-refractivity contribution in [1.82, 2.24) is 0 Å². The highest BCUT2D eigenvalue weighted by molar-refractivity contribution is 5.97. The Labute approximate surface area is 129 Å². The molecule has 0 aromatic heterocycles. The molecule has 4 nitrogen and oxygen atoms in total. The van der Waals surface area contributed by atoms with Gasteiger partial charge in [-0.1, -0.05) is 47.6 Å². The molecule has 0 unspecified atom stereocenters. The molecule has 2 aromatic carbocycles. The van der Waals surface area contributed by atoms with E-state index in [4.69, 9.17) is 10.3 Å². The molecule has 0 amide bonds.